The van der Waals surface area contributed by atoms with Gasteiger partial charge < -0.3 is 10.2 Å². The van der Waals surface area contributed by atoms with Crippen LogP contribution in [0.4, 0.5) is 5.82 Å². The number of pyridine rings is 1. The lowest BCUT2D eigenvalue weighted by molar-refractivity contribution is 0.447. The number of anilines is 1. The summed E-state index contributed by atoms with van der Waals surface area (Å²) in [6, 6.07) is 6.22. The Morgan fingerprint density at radius 2 is 2.43 bits per heavy atom. The predicted octanol–water partition coefficient (Wildman–Crippen LogP) is 0.361. The quantitative estimate of drug-likeness (QED) is 0.728. The summed E-state index contributed by atoms with van der Waals surface area (Å²) in [4.78, 5) is 6.38. The molecular formula is C10H12N4. The van der Waals surface area contributed by atoms with Crippen LogP contribution in [0.3, 0.4) is 0 Å². The summed E-state index contributed by atoms with van der Waals surface area (Å²) in [7, 11) is 1.96. The van der Waals surface area contributed by atoms with Gasteiger partial charge in [0.25, 0.3) is 0 Å². The average Bonchev–Trinajstić information content (AvgIpc) is 2.17. The Kier molecular flexibility index (Phi) is 2.33. The molecule has 2 rings (SSSR count). The molecule has 0 bridgehead atoms. The van der Waals surface area contributed by atoms with E-state index in [2.05, 4.69) is 21.3 Å². The van der Waals surface area contributed by atoms with E-state index >= 15 is 0 Å². The van der Waals surface area contributed by atoms with Crippen molar-refractivity contribution in [2.45, 2.75) is 6.04 Å². The fourth-order valence-corrected chi connectivity index (χ4v) is 1.51. The van der Waals surface area contributed by atoms with Gasteiger partial charge in [-0.2, -0.15) is 5.26 Å². The van der Waals surface area contributed by atoms with Crippen molar-refractivity contribution in [3.05, 3.63) is 23.9 Å². The van der Waals surface area contributed by atoms with Crippen LogP contribution in [0.25, 0.3) is 0 Å². The highest BCUT2D eigenvalue weighted by molar-refractivity contribution is 5.47. The summed E-state index contributed by atoms with van der Waals surface area (Å²) in [6.07, 6.45) is 1.68. The first-order valence-electron chi connectivity index (χ1n) is 4.62. The van der Waals surface area contributed by atoms with E-state index in [9.17, 15) is 0 Å². The van der Waals surface area contributed by atoms with Gasteiger partial charge in [0.15, 0.2) is 0 Å². The van der Waals surface area contributed by atoms with Gasteiger partial charge in [-0.1, -0.05) is 0 Å². The molecule has 0 aliphatic carbocycles. The lowest BCUT2D eigenvalue weighted by atomic mass is 10.1. The highest BCUT2D eigenvalue weighted by Gasteiger charge is 2.25. The molecule has 1 aromatic heterocycles. The van der Waals surface area contributed by atoms with Crippen LogP contribution in [0.1, 0.15) is 5.56 Å². The first-order chi connectivity index (χ1) is 6.83. The monoisotopic (exact) mass is 188 g/mol. The van der Waals surface area contributed by atoms with Crippen LogP contribution in [-0.2, 0) is 0 Å². The van der Waals surface area contributed by atoms with Crippen LogP contribution >= 0.6 is 0 Å². The van der Waals surface area contributed by atoms with Gasteiger partial charge in [0.2, 0.25) is 0 Å². The summed E-state index contributed by atoms with van der Waals surface area (Å²) in [5, 5.41) is 11.9. The van der Waals surface area contributed by atoms with E-state index in [1.54, 1.807) is 12.3 Å². The Labute approximate surface area is 83.2 Å². The molecular weight excluding hydrogens is 176 g/mol. The number of rotatable bonds is 2. The first kappa shape index (κ1) is 8.97. The van der Waals surface area contributed by atoms with Gasteiger partial charge in [-0.25, -0.2) is 4.98 Å². The molecule has 1 saturated heterocycles. The summed E-state index contributed by atoms with van der Waals surface area (Å²) < 4.78 is 0. The zero-order chi connectivity index (χ0) is 9.97. The van der Waals surface area contributed by atoms with Gasteiger partial charge in [0.05, 0.1) is 11.6 Å². The van der Waals surface area contributed by atoms with E-state index in [1.165, 1.54) is 0 Å². The average molecular weight is 188 g/mol. The molecule has 0 aromatic carbocycles. The highest BCUT2D eigenvalue weighted by atomic mass is 15.3. The van der Waals surface area contributed by atoms with Crippen molar-refractivity contribution in [3.8, 4) is 6.07 Å². The smallest absolute Gasteiger partial charge is 0.129 e. The standard InChI is InChI=1S/C10H12N4/c1-12-9-6-14(7-9)10-4-8(5-11)2-3-13-10/h2-4,9,12H,6-7H2,1H3. The molecule has 0 amide bonds. The van der Waals surface area contributed by atoms with Crippen LogP contribution in [0, 0.1) is 11.3 Å². The number of nitrogens with one attached hydrogen (secondary N) is 1. The van der Waals surface area contributed by atoms with E-state index < -0.39 is 0 Å². The Morgan fingerprint density at radius 1 is 1.64 bits per heavy atom. The van der Waals surface area contributed by atoms with E-state index in [0.29, 0.717) is 11.6 Å². The predicted molar refractivity (Wildman–Crippen MR) is 54.0 cm³/mol. The van der Waals surface area contributed by atoms with Crippen molar-refractivity contribution >= 4 is 5.82 Å². The number of aromatic nitrogens is 1. The summed E-state index contributed by atoms with van der Waals surface area (Å²) in [6.45, 7) is 1.94. The van der Waals surface area contributed by atoms with Crippen LogP contribution in [0.2, 0.25) is 0 Å². The fraction of sp³-hybridized carbons (Fsp3) is 0.400. The fourth-order valence-electron chi connectivity index (χ4n) is 1.51. The second-order valence-electron chi connectivity index (χ2n) is 3.41. The van der Waals surface area contributed by atoms with Crippen molar-refractivity contribution in [2.75, 3.05) is 25.0 Å². The lowest BCUT2D eigenvalue weighted by Gasteiger charge is -2.39. The number of hydrogen-bond acceptors (Lipinski definition) is 4. The van der Waals surface area contributed by atoms with Crippen molar-refractivity contribution in [1.29, 1.82) is 5.26 Å². The van der Waals surface area contributed by atoms with Gasteiger partial charge in [0.1, 0.15) is 5.82 Å². The normalized spacial score (nSPS) is 16.1. The van der Waals surface area contributed by atoms with Crippen molar-refractivity contribution in [1.82, 2.24) is 10.3 Å². The highest BCUT2D eigenvalue weighted by Crippen LogP contribution is 2.18. The van der Waals surface area contributed by atoms with Crippen LogP contribution in [0.15, 0.2) is 18.3 Å². The maximum Gasteiger partial charge on any atom is 0.129 e. The number of likely N-dealkylation sites (N-methyl/N-ethyl adjacent to an activating group) is 1. The van der Waals surface area contributed by atoms with Crippen molar-refractivity contribution in [2.24, 2.45) is 0 Å². The summed E-state index contributed by atoms with van der Waals surface area (Å²) in [5.41, 5.74) is 0.669. The Hall–Kier alpha value is -1.60. The molecule has 2 heterocycles. The van der Waals surface area contributed by atoms with Gasteiger partial charge in [-0.15, -0.1) is 0 Å². The molecule has 4 nitrogen and oxygen atoms in total. The first-order valence-corrected chi connectivity index (χ1v) is 4.62. The molecule has 1 aliphatic heterocycles. The Morgan fingerprint density at radius 3 is 3.07 bits per heavy atom. The zero-order valence-electron chi connectivity index (χ0n) is 8.07. The molecule has 4 heteroatoms. The van der Waals surface area contributed by atoms with Gasteiger partial charge in [-0.05, 0) is 19.2 Å². The van der Waals surface area contributed by atoms with E-state index in [-0.39, 0.29) is 0 Å². The van der Waals surface area contributed by atoms with Crippen LogP contribution in [-0.4, -0.2) is 31.2 Å². The van der Waals surface area contributed by atoms with Gasteiger partial charge in [0, 0.05) is 25.3 Å². The van der Waals surface area contributed by atoms with Crippen LogP contribution in [0.5, 0.6) is 0 Å². The number of nitrogens with zero attached hydrogens (tertiary/aromatic N) is 3. The molecule has 1 aromatic rings. The molecule has 0 unspecified atom stereocenters. The third-order valence-corrected chi connectivity index (χ3v) is 2.49. The van der Waals surface area contributed by atoms with Crippen molar-refractivity contribution < 1.29 is 0 Å². The van der Waals surface area contributed by atoms with Crippen molar-refractivity contribution in [3.63, 3.8) is 0 Å². The number of hydrogen-bond donors (Lipinski definition) is 1. The number of nitriles is 1. The van der Waals surface area contributed by atoms with E-state index in [1.807, 2.05) is 13.1 Å². The van der Waals surface area contributed by atoms with Gasteiger partial charge >= 0.3 is 0 Å². The topological polar surface area (TPSA) is 52.0 Å². The third kappa shape index (κ3) is 1.54. The minimum atomic E-state index is 0.558. The molecule has 14 heavy (non-hydrogen) atoms. The SMILES string of the molecule is CNC1CN(c2cc(C#N)ccn2)C1. The van der Waals surface area contributed by atoms with E-state index in [0.717, 1.165) is 18.9 Å². The molecule has 1 fully saturated rings. The van der Waals surface area contributed by atoms with Gasteiger partial charge in [-0.3, -0.25) is 0 Å². The second kappa shape index (κ2) is 3.64. The second-order valence-corrected chi connectivity index (χ2v) is 3.41. The zero-order valence-corrected chi connectivity index (χ0v) is 8.07. The minimum Gasteiger partial charge on any atom is -0.353 e. The van der Waals surface area contributed by atoms with E-state index in [4.69, 9.17) is 5.26 Å². The summed E-state index contributed by atoms with van der Waals surface area (Å²) in [5.74, 6) is 0.899. The molecule has 1 N–H and O–H groups in total. The molecule has 0 atom stereocenters. The maximum absolute atomic E-state index is 8.72. The Bertz CT molecular complexity index is 363. The molecule has 0 saturated carbocycles. The lowest BCUT2D eigenvalue weighted by Crippen LogP contribution is -2.57. The molecule has 1 aliphatic rings. The molecule has 0 radical (unpaired) electrons. The van der Waals surface area contributed by atoms with Crippen LogP contribution < -0.4 is 10.2 Å². The molecule has 0 spiro atoms. The maximum atomic E-state index is 8.72. The largest absolute Gasteiger partial charge is 0.353 e. The Balaban J connectivity index is 2.08. The molecule has 72 valence electrons. The minimum absolute atomic E-state index is 0.558. The third-order valence-electron chi connectivity index (χ3n) is 2.49. The summed E-state index contributed by atoms with van der Waals surface area (Å²) >= 11 is 0.